The summed E-state index contributed by atoms with van der Waals surface area (Å²) in [6.07, 6.45) is 0.293. The van der Waals surface area contributed by atoms with E-state index in [2.05, 4.69) is 5.32 Å². The lowest BCUT2D eigenvalue weighted by atomic mass is 10.1. The lowest BCUT2D eigenvalue weighted by Crippen LogP contribution is -2.40. The second-order valence-corrected chi connectivity index (χ2v) is 4.27. The molecule has 0 aliphatic rings. The van der Waals surface area contributed by atoms with Crippen molar-refractivity contribution in [2.45, 2.75) is 13.3 Å². The van der Waals surface area contributed by atoms with Gasteiger partial charge in [0.25, 0.3) is 5.91 Å². The standard InChI is InChI=1S/C13H15ClN2O4/c1-3-10(17)9-6-8(14)4-5-11(9)20-7-12(18)16-13(19)15-2/h4-6H,3,7H2,1-2H3,(H2,15,16,18,19). The molecule has 6 nitrogen and oxygen atoms in total. The first-order chi connectivity index (χ1) is 9.47. The van der Waals surface area contributed by atoms with Gasteiger partial charge in [-0.05, 0) is 18.2 Å². The van der Waals surface area contributed by atoms with Gasteiger partial charge in [-0.25, -0.2) is 4.79 Å². The van der Waals surface area contributed by atoms with Crippen LogP contribution in [0.1, 0.15) is 23.7 Å². The van der Waals surface area contributed by atoms with Crippen LogP contribution in [0.25, 0.3) is 0 Å². The van der Waals surface area contributed by atoms with Crippen LogP contribution in [0.4, 0.5) is 4.79 Å². The maximum Gasteiger partial charge on any atom is 0.321 e. The Kier molecular flexibility index (Phi) is 5.99. The fourth-order valence-electron chi connectivity index (χ4n) is 1.40. The monoisotopic (exact) mass is 298 g/mol. The highest BCUT2D eigenvalue weighted by molar-refractivity contribution is 6.31. The molecule has 7 heteroatoms. The first-order valence-corrected chi connectivity index (χ1v) is 6.32. The highest BCUT2D eigenvalue weighted by atomic mass is 35.5. The van der Waals surface area contributed by atoms with Crippen molar-refractivity contribution in [1.29, 1.82) is 0 Å². The number of carbonyl (C=O) groups excluding carboxylic acids is 3. The van der Waals surface area contributed by atoms with Crippen LogP contribution in [0, 0.1) is 0 Å². The zero-order chi connectivity index (χ0) is 15.1. The third kappa shape index (κ3) is 4.55. The third-order valence-electron chi connectivity index (χ3n) is 2.40. The van der Waals surface area contributed by atoms with E-state index in [1.807, 2.05) is 5.32 Å². The number of carbonyl (C=O) groups is 3. The Bertz CT molecular complexity index is 531. The molecule has 20 heavy (non-hydrogen) atoms. The molecule has 2 N–H and O–H groups in total. The number of benzene rings is 1. The van der Waals surface area contributed by atoms with Gasteiger partial charge in [0.05, 0.1) is 5.56 Å². The first kappa shape index (κ1) is 16.0. The van der Waals surface area contributed by atoms with E-state index >= 15 is 0 Å². The molecular formula is C13H15ClN2O4. The summed E-state index contributed by atoms with van der Waals surface area (Å²) in [7, 11) is 1.39. The summed E-state index contributed by atoms with van der Waals surface area (Å²) in [6, 6.07) is 3.93. The molecule has 0 saturated carbocycles. The van der Waals surface area contributed by atoms with Crippen LogP contribution >= 0.6 is 11.6 Å². The van der Waals surface area contributed by atoms with Crippen molar-refractivity contribution < 1.29 is 19.1 Å². The van der Waals surface area contributed by atoms with Crippen LogP contribution in [0.5, 0.6) is 5.75 Å². The van der Waals surface area contributed by atoms with Crippen LogP contribution < -0.4 is 15.4 Å². The molecule has 0 aliphatic heterocycles. The number of ether oxygens (including phenoxy) is 1. The lowest BCUT2D eigenvalue weighted by Gasteiger charge is -2.10. The maximum absolute atomic E-state index is 11.8. The minimum absolute atomic E-state index is 0.144. The summed E-state index contributed by atoms with van der Waals surface area (Å²) in [5.74, 6) is -0.503. The number of nitrogens with one attached hydrogen (secondary N) is 2. The Labute approximate surface area is 121 Å². The SMILES string of the molecule is CCC(=O)c1cc(Cl)ccc1OCC(=O)NC(=O)NC. The fourth-order valence-corrected chi connectivity index (χ4v) is 1.58. The van der Waals surface area contributed by atoms with Crippen molar-refractivity contribution in [1.82, 2.24) is 10.6 Å². The highest BCUT2D eigenvalue weighted by Crippen LogP contribution is 2.24. The number of imide groups is 1. The summed E-state index contributed by atoms with van der Waals surface area (Å²) in [5, 5.41) is 4.70. The van der Waals surface area contributed by atoms with Crippen molar-refractivity contribution in [3.63, 3.8) is 0 Å². The molecule has 1 aromatic carbocycles. The maximum atomic E-state index is 11.8. The Morgan fingerprint density at radius 1 is 1.30 bits per heavy atom. The van der Waals surface area contributed by atoms with Gasteiger partial charge in [-0.2, -0.15) is 0 Å². The van der Waals surface area contributed by atoms with Crippen molar-refractivity contribution in [3.05, 3.63) is 28.8 Å². The van der Waals surface area contributed by atoms with Crippen LogP contribution in [-0.2, 0) is 4.79 Å². The molecule has 0 atom stereocenters. The average Bonchev–Trinajstić information content (AvgIpc) is 2.44. The van der Waals surface area contributed by atoms with E-state index in [9.17, 15) is 14.4 Å². The molecule has 108 valence electrons. The fraction of sp³-hybridized carbons (Fsp3) is 0.308. The summed E-state index contributed by atoms with van der Waals surface area (Å²) >= 11 is 5.83. The van der Waals surface area contributed by atoms with Gasteiger partial charge in [0.1, 0.15) is 5.75 Å². The number of rotatable bonds is 5. The summed E-state index contributed by atoms with van der Waals surface area (Å²) < 4.78 is 5.25. The van der Waals surface area contributed by atoms with E-state index in [1.165, 1.54) is 19.2 Å². The van der Waals surface area contributed by atoms with E-state index in [0.717, 1.165) is 0 Å². The van der Waals surface area contributed by atoms with Crippen molar-refractivity contribution in [2.75, 3.05) is 13.7 Å². The number of hydrogen-bond acceptors (Lipinski definition) is 4. The number of amides is 3. The van der Waals surface area contributed by atoms with Crippen molar-refractivity contribution in [3.8, 4) is 5.75 Å². The first-order valence-electron chi connectivity index (χ1n) is 5.95. The molecule has 0 spiro atoms. The van der Waals surface area contributed by atoms with Gasteiger partial charge in [-0.1, -0.05) is 18.5 Å². The molecule has 1 aromatic rings. The van der Waals surface area contributed by atoms with E-state index in [4.69, 9.17) is 16.3 Å². The Hall–Kier alpha value is -2.08. The zero-order valence-corrected chi connectivity index (χ0v) is 11.9. The average molecular weight is 299 g/mol. The molecule has 0 unspecified atom stereocenters. The number of ketones is 1. The normalized spacial score (nSPS) is 9.75. The van der Waals surface area contributed by atoms with Gasteiger partial charge in [0.15, 0.2) is 12.4 Å². The number of urea groups is 1. The summed E-state index contributed by atoms with van der Waals surface area (Å²) in [5.41, 5.74) is 0.313. The summed E-state index contributed by atoms with van der Waals surface area (Å²) in [6.45, 7) is 1.34. The van der Waals surface area contributed by atoms with Gasteiger partial charge in [0.2, 0.25) is 0 Å². The molecule has 0 bridgehead atoms. The largest absolute Gasteiger partial charge is 0.483 e. The summed E-state index contributed by atoms with van der Waals surface area (Å²) in [4.78, 5) is 34.1. The predicted octanol–water partition coefficient (Wildman–Crippen LogP) is 1.77. The van der Waals surface area contributed by atoms with Crippen LogP contribution in [0.15, 0.2) is 18.2 Å². The van der Waals surface area contributed by atoms with Gasteiger partial charge < -0.3 is 10.1 Å². The predicted molar refractivity (Wildman–Crippen MR) is 74.2 cm³/mol. The van der Waals surface area contributed by atoms with Gasteiger partial charge >= 0.3 is 6.03 Å². The van der Waals surface area contributed by atoms with Crippen molar-refractivity contribution in [2.24, 2.45) is 0 Å². The minimum atomic E-state index is -0.625. The molecular weight excluding hydrogens is 284 g/mol. The van der Waals surface area contributed by atoms with E-state index in [1.54, 1.807) is 13.0 Å². The van der Waals surface area contributed by atoms with E-state index < -0.39 is 11.9 Å². The zero-order valence-electron chi connectivity index (χ0n) is 11.2. The lowest BCUT2D eigenvalue weighted by molar-refractivity contribution is -0.122. The Morgan fingerprint density at radius 3 is 2.60 bits per heavy atom. The molecule has 0 fully saturated rings. The highest BCUT2D eigenvalue weighted by Gasteiger charge is 2.13. The third-order valence-corrected chi connectivity index (χ3v) is 2.64. The quantitative estimate of drug-likeness (QED) is 0.811. The minimum Gasteiger partial charge on any atom is -0.483 e. The van der Waals surface area contributed by atoms with Crippen LogP contribution in [-0.4, -0.2) is 31.4 Å². The molecule has 0 saturated heterocycles. The number of Topliss-reactive ketones (excluding diaryl/α,β-unsaturated/α-hetero) is 1. The van der Waals surface area contributed by atoms with Crippen molar-refractivity contribution >= 4 is 29.3 Å². The molecule has 0 radical (unpaired) electrons. The molecule has 3 amide bonds. The Balaban J connectivity index is 2.75. The second kappa shape index (κ2) is 7.49. The molecule has 0 aromatic heterocycles. The molecule has 1 rings (SSSR count). The van der Waals surface area contributed by atoms with Gasteiger partial charge in [-0.15, -0.1) is 0 Å². The van der Waals surface area contributed by atoms with Crippen LogP contribution in [0.3, 0.4) is 0 Å². The van der Waals surface area contributed by atoms with E-state index in [-0.39, 0.29) is 18.1 Å². The Morgan fingerprint density at radius 2 is 2.00 bits per heavy atom. The number of halogens is 1. The van der Waals surface area contributed by atoms with Gasteiger partial charge in [-0.3, -0.25) is 14.9 Å². The topological polar surface area (TPSA) is 84.5 Å². The van der Waals surface area contributed by atoms with Gasteiger partial charge in [0, 0.05) is 18.5 Å². The van der Waals surface area contributed by atoms with Crippen LogP contribution in [0.2, 0.25) is 5.02 Å². The van der Waals surface area contributed by atoms with E-state index in [0.29, 0.717) is 17.0 Å². The second-order valence-electron chi connectivity index (χ2n) is 3.83. The number of hydrogen-bond donors (Lipinski definition) is 2. The smallest absolute Gasteiger partial charge is 0.321 e. The molecule has 0 aliphatic carbocycles. The molecule has 0 heterocycles.